The van der Waals surface area contributed by atoms with E-state index in [1.165, 1.54) is 18.4 Å². The highest BCUT2D eigenvalue weighted by Crippen LogP contribution is 2.22. The SMILES string of the molecule is CCc1ccccc1N(CCNS(=O)(=O)N(C)C)S(C)(=O)=O. The fourth-order valence-electron chi connectivity index (χ4n) is 1.92. The minimum Gasteiger partial charge on any atom is -0.269 e. The number of nitrogens with one attached hydrogen (secondary N) is 1. The van der Waals surface area contributed by atoms with Crippen LogP contribution in [-0.2, 0) is 26.7 Å². The van der Waals surface area contributed by atoms with E-state index in [1.54, 1.807) is 12.1 Å². The molecule has 126 valence electrons. The lowest BCUT2D eigenvalue weighted by molar-refractivity contribution is 0.506. The Labute approximate surface area is 133 Å². The molecule has 0 aliphatic heterocycles. The van der Waals surface area contributed by atoms with Crippen LogP contribution in [0.15, 0.2) is 24.3 Å². The largest absolute Gasteiger partial charge is 0.278 e. The molecule has 0 saturated carbocycles. The molecule has 0 atom stereocenters. The predicted octanol–water partition coefficient (Wildman–Crippen LogP) is 0.411. The average molecular weight is 349 g/mol. The zero-order valence-corrected chi connectivity index (χ0v) is 14.9. The molecule has 9 heteroatoms. The minimum absolute atomic E-state index is 0.00830. The Balaban J connectivity index is 2.98. The molecule has 0 aliphatic rings. The molecule has 0 fully saturated rings. The van der Waals surface area contributed by atoms with Gasteiger partial charge >= 0.3 is 0 Å². The number of aryl methyl sites for hydroxylation is 1. The summed E-state index contributed by atoms with van der Waals surface area (Å²) < 4.78 is 52.0. The first kappa shape index (κ1) is 18.9. The highest BCUT2D eigenvalue weighted by Gasteiger charge is 2.20. The van der Waals surface area contributed by atoms with Gasteiger partial charge < -0.3 is 0 Å². The summed E-state index contributed by atoms with van der Waals surface area (Å²) in [5.41, 5.74) is 1.47. The number of nitrogens with zero attached hydrogens (tertiary/aromatic N) is 2. The van der Waals surface area contributed by atoms with Gasteiger partial charge in [0, 0.05) is 27.2 Å². The molecule has 1 aromatic rings. The number of anilines is 1. The molecular formula is C13H23N3O4S2. The standard InChI is InChI=1S/C13H23N3O4S2/c1-5-12-8-6-7-9-13(12)16(21(4,17)18)11-10-14-22(19,20)15(2)3/h6-9,14H,5,10-11H2,1-4H3. The van der Waals surface area contributed by atoms with Gasteiger partial charge in [-0.05, 0) is 18.1 Å². The summed E-state index contributed by atoms with van der Waals surface area (Å²) in [5, 5.41) is 0. The lowest BCUT2D eigenvalue weighted by atomic mass is 10.1. The first-order chi connectivity index (χ1) is 10.1. The lowest BCUT2D eigenvalue weighted by Crippen LogP contribution is -2.42. The van der Waals surface area contributed by atoms with Gasteiger partial charge in [0.25, 0.3) is 10.2 Å². The molecule has 0 amide bonds. The van der Waals surface area contributed by atoms with Crippen molar-refractivity contribution in [3.05, 3.63) is 29.8 Å². The van der Waals surface area contributed by atoms with Gasteiger partial charge in [-0.3, -0.25) is 4.31 Å². The summed E-state index contributed by atoms with van der Waals surface area (Å²) in [6.45, 7) is 1.96. The van der Waals surface area contributed by atoms with Crippen molar-refractivity contribution in [2.45, 2.75) is 13.3 Å². The van der Waals surface area contributed by atoms with Crippen molar-refractivity contribution >= 4 is 25.9 Å². The van der Waals surface area contributed by atoms with Gasteiger partial charge in [-0.2, -0.15) is 12.7 Å². The van der Waals surface area contributed by atoms with Crippen LogP contribution in [0.5, 0.6) is 0 Å². The maximum Gasteiger partial charge on any atom is 0.278 e. The quantitative estimate of drug-likeness (QED) is 0.736. The van der Waals surface area contributed by atoms with E-state index in [2.05, 4.69) is 4.72 Å². The van der Waals surface area contributed by atoms with Crippen LogP contribution in [0.2, 0.25) is 0 Å². The van der Waals surface area contributed by atoms with Crippen molar-refractivity contribution in [3.8, 4) is 0 Å². The molecule has 0 spiro atoms. The van der Waals surface area contributed by atoms with E-state index in [0.29, 0.717) is 12.1 Å². The molecule has 0 saturated heterocycles. The summed E-state index contributed by atoms with van der Waals surface area (Å²) in [6.07, 6.45) is 1.80. The molecule has 0 heterocycles. The molecular weight excluding hydrogens is 326 g/mol. The normalized spacial score (nSPS) is 12.6. The Bertz CT molecular complexity index is 700. The number of rotatable bonds is 8. The lowest BCUT2D eigenvalue weighted by Gasteiger charge is -2.25. The summed E-state index contributed by atoms with van der Waals surface area (Å²) >= 11 is 0. The molecule has 22 heavy (non-hydrogen) atoms. The van der Waals surface area contributed by atoms with Crippen LogP contribution in [0.1, 0.15) is 12.5 Å². The molecule has 0 aromatic heterocycles. The second kappa shape index (κ2) is 7.40. The fraction of sp³-hybridized carbons (Fsp3) is 0.538. The van der Waals surface area contributed by atoms with Crippen molar-refractivity contribution < 1.29 is 16.8 Å². The van der Waals surface area contributed by atoms with Gasteiger partial charge in [0.15, 0.2) is 0 Å². The van der Waals surface area contributed by atoms with Crippen LogP contribution in [0.25, 0.3) is 0 Å². The van der Waals surface area contributed by atoms with E-state index in [9.17, 15) is 16.8 Å². The number of hydrogen-bond acceptors (Lipinski definition) is 4. The van der Waals surface area contributed by atoms with Gasteiger partial charge in [-0.25, -0.2) is 13.1 Å². The van der Waals surface area contributed by atoms with Crippen molar-refractivity contribution in [1.29, 1.82) is 0 Å². The minimum atomic E-state index is -3.58. The number of benzene rings is 1. The number of sulfonamides is 1. The molecule has 0 aliphatic carbocycles. The Morgan fingerprint density at radius 1 is 1.09 bits per heavy atom. The maximum absolute atomic E-state index is 12.0. The molecule has 7 nitrogen and oxygen atoms in total. The number of para-hydroxylation sites is 1. The summed E-state index contributed by atoms with van der Waals surface area (Å²) in [4.78, 5) is 0. The van der Waals surface area contributed by atoms with Crippen molar-refractivity contribution in [3.63, 3.8) is 0 Å². The van der Waals surface area contributed by atoms with E-state index in [4.69, 9.17) is 0 Å². The topological polar surface area (TPSA) is 86.8 Å². The van der Waals surface area contributed by atoms with Crippen LogP contribution in [-0.4, -0.2) is 54.6 Å². The van der Waals surface area contributed by atoms with Gasteiger partial charge in [-0.1, -0.05) is 25.1 Å². The third kappa shape index (κ3) is 4.94. The van der Waals surface area contributed by atoms with E-state index in [-0.39, 0.29) is 13.1 Å². The zero-order chi connectivity index (χ0) is 17.0. The second-order valence-electron chi connectivity index (χ2n) is 5.00. The predicted molar refractivity (Wildman–Crippen MR) is 88.6 cm³/mol. The molecule has 1 aromatic carbocycles. The Morgan fingerprint density at radius 3 is 2.18 bits per heavy atom. The Hall–Kier alpha value is -1.16. The Kier molecular flexibility index (Phi) is 6.36. The van der Waals surface area contributed by atoms with Gasteiger partial charge in [-0.15, -0.1) is 0 Å². The first-order valence-corrected chi connectivity index (χ1v) is 10.1. The van der Waals surface area contributed by atoms with Crippen LogP contribution >= 0.6 is 0 Å². The molecule has 1 rings (SSSR count). The third-order valence-corrected chi connectivity index (χ3v) is 5.83. The summed E-state index contributed by atoms with van der Waals surface area (Å²) in [7, 11) is -4.27. The second-order valence-corrected chi connectivity index (χ2v) is 8.88. The van der Waals surface area contributed by atoms with Gasteiger partial charge in [0.2, 0.25) is 10.0 Å². The van der Waals surface area contributed by atoms with Crippen molar-refractivity contribution in [2.75, 3.05) is 37.7 Å². The maximum atomic E-state index is 12.0. The highest BCUT2D eigenvalue weighted by atomic mass is 32.2. The van der Waals surface area contributed by atoms with Crippen molar-refractivity contribution in [1.82, 2.24) is 9.03 Å². The average Bonchev–Trinajstić information content (AvgIpc) is 2.42. The smallest absolute Gasteiger partial charge is 0.269 e. The monoisotopic (exact) mass is 349 g/mol. The van der Waals surface area contributed by atoms with Crippen molar-refractivity contribution in [2.24, 2.45) is 0 Å². The van der Waals surface area contributed by atoms with Gasteiger partial charge in [0.1, 0.15) is 0 Å². The molecule has 0 radical (unpaired) electrons. The zero-order valence-electron chi connectivity index (χ0n) is 13.3. The van der Waals surface area contributed by atoms with E-state index in [0.717, 1.165) is 16.1 Å². The van der Waals surface area contributed by atoms with Gasteiger partial charge in [0.05, 0.1) is 11.9 Å². The first-order valence-electron chi connectivity index (χ1n) is 6.82. The van der Waals surface area contributed by atoms with Crippen LogP contribution in [0, 0.1) is 0 Å². The van der Waals surface area contributed by atoms with E-state index < -0.39 is 20.2 Å². The molecule has 0 bridgehead atoms. The molecule has 1 N–H and O–H groups in total. The molecule has 0 unspecified atom stereocenters. The van der Waals surface area contributed by atoms with Crippen LogP contribution in [0.4, 0.5) is 5.69 Å². The van der Waals surface area contributed by atoms with Crippen LogP contribution < -0.4 is 9.03 Å². The van der Waals surface area contributed by atoms with E-state index in [1.807, 2.05) is 19.1 Å². The summed E-state index contributed by atoms with van der Waals surface area (Å²) in [6, 6.07) is 7.19. The highest BCUT2D eigenvalue weighted by molar-refractivity contribution is 7.92. The third-order valence-electron chi connectivity index (χ3n) is 3.12. The number of hydrogen-bond donors (Lipinski definition) is 1. The fourth-order valence-corrected chi connectivity index (χ4v) is 3.49. The summed E-state index contributed by atoms with van der Waals surface area (Å²) in [5.74, 6) is 0. The van der Waals surface area contributed by atoms with E-state index >= 15 is 0 Å². The Morgan fingerprint density at radius 2 is 1.68 bits per heavy atom. The van der Waals surface area contributed by atoms with Crippen LogP contribution in [0.3, 0.4) is 0 Å².